The van der Waals surface area contributed by atoms with Crippen molar-refractivity contribution in [3.63, 3.8) is 0 Å². The summed E-state index contributed by atoms with van der Waals surface area (Å²) in [5, 5.41) is 22.7. The van der Waals surface area contributed by atoms with Crippen molar-refractivity contribution in [3.8, 4) is 0 Å². The number of hydrogen-bond donors (Lipinski definition) is 6. The molecule has 6 heteroatoms. The van der Waals surface area contributed by atoms with E-state index in [4.69, 9.17) is 10.8 Å². The second-order valence-corrected chi connectivity index (χ2v) is 3.17. The first-order valence-electron chi connectivity index (χ1n) is 4.61. The third-order valence-corrected chi connectivity index (χ3v) is 1.86. The summed E-state index contributed by atoms with van der Waals surface area (Å²) in [6.07, 6.45) is 1.89. The molecule has 0 saturated carbocycles. The molecule has 6 nitrogen and oxygen atoms in total. The molecule has 0 aliphatic heterocycles. The molecule has 0 atom stereocenters. The Morgan fingerprint density at radius 2 is 2.13 bits per heavy atom. The van der Waals surface area contributed by atoms with Crippen LogP contribution in [0.5, 0.6) is 0 Å². The molecule has 15 heavy (non-hydrogen) atoms. The van der Waals surface area contributed by atoms with Crippen molar-refractivity contribution < 1.29 is 0 Å². The van der Waals surface area contributed by atoms with Crippen molar-refractivity contribution in [2.75, 3.05) is 7.05 Å². The number of hydrogen-bond acceptors (Lipinski definition) is 2. The lowest BCUT2D eigenvalue weighted by atomic mass is 10.3. The fourth-order valence-electron chi connectivity index (χ4n) is 1.09. The minimum absolute atomic E-state index is 0.0951. The van der Waals surface area contributed by atoms with Gasteiger partial charge in [0.15, 0.2) is 11.9 Å². The fraction of sp³-hybridized carbons (Fsp3) is 0.333. The zero-order valence-corrected chi connectivity index (χ0v) is 8.86. The maximum Gasteiger partial charge on any atom is 0.195 e. The zero-order chi connectivity index (χ0) is 11.3. The van der Waals surface area contributed by atoms with E-state index in [1.54, 1.807) is 7.05 Å². The van der Waals surface area contributed by atoms with Gasteiger partial charge < -0.3 is 15.6 Å². The zero-order valence-electron chi connectivity index (χ0n) is 8.86. The second-order valence-electron chi connectivity index (χ2n) is 3.17. The van der Waals surface area contributed by atoms with E-state index in [0.717, 1.165) is 11.3 Å². The molecule has 1 aromatic heterocycles. The molecule has 6 N–H and O–H groups in total. The van der Waals surface area contributed by atoms with Gasteiger partial charge in [-0.15, -0.1) is 0 Å². The van der Waals surface area contributed by atoms with E-state index >= 15 is 0 Å². The maximum atomic E-state index is 7.47. The van der Waals surface area contributed by atoms with Crippen LogP contribution < -0.4 is 16.0 Å². The van der Waals surface area contributed by atoms with Gasteiger partial charge in [0, 0.05) is 25.5 Å². The molecule has 1 aromatic rings. The first kappa shape index (κ1) is 11.1. The monoisotopic (exact) mass is 208 g/mol. The fourth-order valence-corrected chi connectivity index (χ4v) is 1.09. The van der Waals surface area contributed by atoms with Crippen LogP contribution in [0.3, 0.4) is 0 Å². The number of nitrogens with one attached hydrogen (secondary N) is 6. The van der Waals surface area contributed by atoms with Crippen LogP contribution >= 0.6 is 0 Å². The smallest absolute Gasteiger partial charge is 0.195 e. The molecule has 0 aliphatic carbocycles. The van der Waals surface area contributed by atoms with Gasteiger partial charge in [-0.3, -0.25) is 16.1 Å². The van der Waals surface area contributed by atoms with Crippen molar-refractivity contribution in [3.05, 3.63) is 23.5 Å². The van der Waals surface area contributed by atoms with Crippen molar-refractivity contribution >= 4 is 11.9 Å². The lowest BCUT2D eigenvalue weighted by Crippen LogP contribution is -2.44. The molecule has 0 radical (unpaired) electrons. The SMILES string of the molecule is CNC(=N)NC(=N)NCc1c[nH]c(C)c1. The van der Waals surface area contributed by atoms with E-state index in [1.165, 1.54) is 0 Å². The Balaban J connectivity index is 2.31. The standard InChI is InChI=1S/C9H16N6/c1-6-3-7(4-13-6)5-14-9(11)15-8(10)12-2/h3-4,13H,5H2,1-2H3,(H5,10,11,12,14,15). The predicted octanol–water partition coefficient (Wildman–Crippen LogP) is 0.0913. The normalized spacial score (nSPS) is 9.47. The third kappa shape index (κ3) is 3.72. The van der Waals surface area contributed by atoms with Crippen LogP contribution in [0.4, 0.5) is 0 Å². The lowest BCUT2D eigenvalue weighted by molar-refractivity contribution is 0.871. The Labute approximate surface area is 88.5 Å². The van der Waals surface area contributed by atoms with E-state index in [9.17, 15) is 0 Å². The second kappa shape index (κ2) is 5.04. The summed E-state index contributed by atoms with van der Waals surface area (Å²) in [6.45, 7) is 2.54. The average Bonchev–Trinajstić information content (AvgIpc) is 2.61. The van der Waals surface area contributed by atoms with Crippen LogP contribution in [0.1, 0.15) is 11.3 Å². The first-order chi connectivity index (χ1) is 7.11. The topological polar surface area (TPSA) is 99.6 Å². The summed E-state index contributed by atoms with van der Waals surface area (Å²) in [6, 6.07) is 2.00. The molecule has 1 heterocycles. The van der Waals surface area contributed by atoms with Gasteiger partial charge in [0.1, 0.15) is 0 Å². The van der Waals surface area contributed by atoms with Crippen LogP contribution in [-0.4, -0.2) is 24.0 Å². The Kier molecular flexibility index (Phi) is 3.73. The van der Waals surface area contributed by atoms with E-state index in [-0.39, 0.29) is 11.9 Å². The van der Waals surface area contributed by atoms with Gasteiger partial charge in [-0.05, 0) is 18.6 Å². The lowest BCUT2D eigenvalue weighted by Gasteiger charge is -2.09. The number of aryl methyl sites for hydroxylation is 1. The van der Waals surface area contributed by atoms with Gasteiger partial charge in [-0.25, -0.2) is 0 Å². The van der Waals surface area contributed by atoms with Gasteiger partial charge in [-0.2, -0.15) is 0 Å². The van der Waals surface area contributed by atoms with Crippen LogP contribution in [-0.2, 0) is 6.54 Å². The maximum absolute atomic E-state index is 7.47. The summed E-state index contributed by atoms with van der Waals surface area (Å²) in [7, 11) is 1.62. The summed E-state index contributed by atoms with van der Waals surface area (Å²) < 4.78 is 0. The van der Waals surface area contributed by atoms with Gasteiger partial charge in [0.25, 0.3) is 0 Å². The van der Waals surface area contributed by atoms with Crippen molar-refractivity contribution in [2.24, 2.45) is 0 Å². The molecule has 0 aliphatic rings. The highest BCUT2D eigenvalue weighted by Crippen LogP contribution is 2.00. The summed E-state index contributed by atoms with van der Waals surface area (Å²) in [5.41, 5.74) is 2.17. The van der Waals surface area contributed by atoms with E-state index < -0.39 is 0 Å². The predicted molar refractivity (Wildman–Crippen MR) is 60.0 cm³/mol. The van der Waals surface area contributed by atoms with E-state index in [0.29, 0.717) is 6.54 Å². The molecule has 0 fully saturated rings. The number of H-pyrrole nitrogens is 1. The summed E-state index contributed by atoms with van der Waals surface area (Å²) >= 11 is 0. The minimum atomic E-state index is 0.0951. The number of aromatic nitrogens is 1. The average molecular weight is 208 g/mol. The van der Waals surface area contributed by atoms with Gasteiger partial charge in [0.05, 0.1) is 0 Å². The Morgan fingerprint density at radius 3 is 2.67 bits per heavy atom. The third-order valence-electron chi connectivity index (χ3n) is 1.86. The molecule has 0 aromatic carbocycles. The molecule has 0 saturated heterocycles. The Morgan fingerprint density at radius 1 is 1.40 bits per heavy atom. The molecular formula is C9H16N6. The summed E-state index contributed by atoms with van der Waals surface area (Å²) in [4.78, 5) is 3.06. The minimum Gasteiger partial charge on any atom is -0.365 e. The number of aromatic amines is 1. The molecular weight excluding hydrogens is 192 g/mol. The highest BCUT2D eigenvalue weighted by Gasteiger charge is 1.99. The van der Waals surface area contributed by atoms with Gasteiger partial charge in [0.2, 0.25) is 0 Å². The number of guanidine groups is 2. The Bertz CT molecular complexity index is 353. The van der Waals surface area contributed by atoms with Gasteiger partial charge >= 0.3 is 0 Å². The largest absolute Gasteiger partial charge is 0.365 e. The molecule has 0 spiro atoms. The Hall–Kier alpha value is -1.98. The van der Waals surface area contributed by atoms with E-state index in [2.05, 4.69) is 20.9 Å². The molecule has 0 unspecified atom stereocenters. The van der Waals surface area contributed by atoms with Crippen molar-refractivity contribution in [1.82, 2.24) is 20.9 Å². The first-order valence-corrected chi connectivity index (χ1v) is 4.61. The summed E-state index contributed by atoms with van der Waals surface area (Å²) in [5.74, 6) is 0.200. The van der Waals surface area contributed by atoms with Crippen molar-refractivity contribution in [1.29, 1.82) is 10.8 Å². The molecule has 1 rings (SSSR count). The van der Waals surface area contributed by atoms with Crippen LogP contribution in [0.15, 0.2) is 12.3 Å². The van der Waals surface area contributed by atoms with Gasteiger partial charge in [-0.1, -0.05) is 0 Å². The molecule has 0 amide bonds. The van der Waals surface area contributed by atoms with Crippen LogP contribution in [0.2, 0.25) is 0 Å². The van der Waals surface area contributed by atoms with Crippen molar-refractivity contribution in [2.45, 2.75) is 13.5 Å². The molecule has 82 valence electrons. The quantitative estimate of drug-likeness (QED) is 0.307. The highest BCUT2D eigenvalue weighted by atomic mass is 15.2. The highest BCUT2D eigenvalue weighted by molar-refractivity contribution is 5.95. The van der Waals surface area contributed by atoms with Crippen LogP contribution in [0.25, 0.3) is 0 Å². The molecule has 0 bridgehead atoms. The number of rotatable bonds is 2. The van der Waals surface area contributed by atoms with E-state index in [1.807, 2.05) is 19.2 Å². The van der Waals surface area contributed by atoms with Crippen LogP contribution in [0, 0.1) is 17.7 Å².